The number of para-hydroxylation sites is 1. The first kappa shape index (κ1) is 38.2. The van der Waals surface area contributed by atoms with Crippen molar-refractivity contribution in [2.24, 2.45) is 0 Å². The van der Waals surface area contributed by atoms with Gasteiger partial charge in [0.05, 0.1) is 33.3 Å². The fourth-order valence-corrected chi connectivity index (χ4v) is 10.7. The summed E-state index contributed by atoms with van der Waals surface area (Å²) in [5.74, 6) is 0.640. The first-order chi connectivity index (χ1) is 33.7. The third-order valence-electron chi connectivity index (χ3n) is 13.9. The van der Waals surface area contributed by atoms with Crippen LogP contribution in [0, 0.1) is 0 Å². The first-order valence-electron chi connectivity index (χ1n) is 23.2. The third-order valence-corrected chi connectivity index (χ3v) is 13.9. The molecule has 0 amide bonds. The van der Waals surface area contributed by atoms with Crippen LogP contribution >= 0.6 is 0 Å². The number of fused-ring (bicyclic) bond motifs is 10. The van der Waals surface area contributed by atoms with Crippen molar-refractivity contribution in [3.05, 3.63) is 243 Å². The van der Waals surface area contributed by atoms with Gasteiger partial charge in [-0.2, -0.15) is 0 Å². The molecule has 4 heteroatoms. The number of aromatic nitrogens is 4. The molecule has 14 aromatic rings. The van der Waals surface area contributed by atoms with Crippen molar-refractivity contribution >= 4 is 76.1 Å². The van der Waals surface area contributed by atoms with Crippen molar-refractivity contribution in [2.75, 3.05) is 0 Å². The molecule has 14 rings (SSSR count). The molecule has 0 aliphatic rings. The summed E-state index contributed by atoms with van der Waals surface area (Å²) >= 11 is 0. The van der Waals surface area contributed by atoms with E-state index in [4.69, 9.17) is 9.97 Å². The Morgan fingerprint density at radius 2 is 0.706 bits per heavy atom. The van der Waals surface area contributed by atoms with Gasteiger partial charge in [0.25, 0.3) is 0 Å². The maximum absolute atomic E-state index is 5.60. The third kappa shape index (κ3) is 6.01. The van der Waals surface area contributed by atoms with Gasteiger partial charge >= 0.3 is 0 Å². The standard InChI is InChI=1S/C64H40N4/c1-4-15-41(16-5-1)45-28-33-58-54(37-45)55-39-47(30-34-59(55)67(58)49-22-8-3-9-23-49)48-31-36-61-57(40-48)56-38-46(42-17-6-2-7-18-42)29-35-60(56)68(61)64-65-62-51-25-13-11-20-44(51)27-32-53(62)63(66-64)52-26-14-21-43-19-10-12-24-50(43)52/h1-40H. The number of nitrogens with zero attached hydrogens (tertiary/aromatic N) is 4. The van der Waals surface area contributed by atoms with Crippen LogP contribution in [0.4, 0.5) is 0 Å². The van der Waals surface area contributed by atoms with E-state index in [0.717, 1.165) is 82.5 Å². The lowest BCUT2D eigenvalue weighted by Crippen LogP contribution is -2.04. The Balaban J connectivity index is 1.02. The van der Waals surface area contributed by atoms with Crippen LogP contribution < -0.4 is 0 Å². The molecule has 68 heavy (non-hydrogen) atoms. The molecule has 3 heterocycles. The topological polar surface area (TPSA) is 35.6 Å². The van der Waals surface area contributed by atoms with Crippen molar-refractivity contribution in [1.29, 1.82) is 0 Å². The van der Waals surface area contributed by atoms with Crippen molar-refractivity contribution in [2.45, 2.75) is 0 Å². The second kappa shape index (κ2) is 15.2. The molecular formula is C64H40N4. The Hall–Kier alpha value is -9.12. The summed E-state index contributed by atoms with van der Waals surface area (Å²) in [7, 11) is 0. The van der Waals surface area contributed by atoms with Crippen LogP contribution in [0.2, 0.25) is 0 Å². The lowest BCUT2D eigenvalue weighted by Gasteiger charge is -2.14. The van der Waals surface area contributed by atoms with E-state index in [9.17, 15) is 0 Å². The molecule has 0 bridgehead atoms. The summed E-state index contributed by atoms with van der Waals surface area (Å²) in [4.78, 5) is 11.1. The van der Waals surface area contributed by atoms with Crippen LogP contribution in [-0.4, -0.2) is 19.1 Å². The highest BCUT2D eigenvalue weighted by atomic mass is 15.2. The molecule has 3 aromatic heterocycles. The molecule has 0 unspecified atom stereocenters. The highest BCUT2D eigenvalue weighted by Crippen LogP contribution is 2.42. The van der Waals surface area contributed by atoms with Gasteiger partial charge in [-0.15, -0.1) is 0 Å². The fourth-order valence-electron chi connectivity index (χ4n) is 10.7. The summed E-state index contributed by atoms with van der Waals surface area (Å²) in [6.45, 7) is 0. The van der Waals surface area contributed by atoms with Crippen molar-refractivity contribution < 1.29 is 0 Å². The second-order valence-corrected chi connectivity index (χ2v) is 17.7. The number of rotatable bonds is 6. The summed E-state index contributed by atoms with van der Waals surface area (Å²) < 4.78 is 4.67. The van der Waals surface area contributed by atoms with Gasteiger partial charge in [-0.05, 0) is 116 Å². The lowest BCUT2D eigenvalue weighted by molar-refractivity contribution is 1.02. The summed E-state index contributed by atoms with van der Waals surface area (Å²) in [6.07, 6.45) is 0. The summed E-state index contributed by atoms with van der Waals surface area (Å²) in [6, 6.07) is 87.6. The van der Waals surface area contributed by atoms with Crippen LogP contribution in [0.1, 0.15) is 0 Å². The van der Waals surface area contributed by atoms with E-state index in [1.54, 1.807) is 0 Å². The van der Waals surface area contributed by atoms with Crippen molar-refractivity contribution in [1.82, 2.24) is 19.1 Å². The molecule has 4 nitrogen and oxygen atoms in total. The van der Waals surface area contributed by atoms with E-state index in [2.05, 4.69) is 252 Å². The Morgan fingerprint density at radius 3 is 1.26 bits per heavy atom. The molecule has 0 atom stereocenters. The minimum atomic E-state index is 0.640. The molecule has 0 radical (unpaired) electrons. The van der Waals surface area contributed by atoms with E-state index in [1.807, 2.05) is 0 Å². The van der Waals surface area contributed by atoms with E-state index < -0.39 is 0 Å². The van der Waals surface area contributed by atoms with Gasteiger partial charge in [0.2, 0.25) is 5.95 Å². The van der Waals surface area contributed by atoms with Gasteiger partial charge in [0, 0.05) is 43.6 Å². The molecule has 0 saturated carbocycles. The Morgan fingerprint density at radius 1 is 0.265 bits per heavy atom. The van der Waals surface area contributed by atoms with Crippen LogP contribution in [0.3, 0.4) is 0 Å². The molecule has 0 aliphatic carbocycles. The molecule has 0 N–H and O–H groups in total. The molecule has 0 fully saturated rings. The maximum Gasteiger partial charge on any atom is 0.235 e. The molecule has 11 aromatic carbocycles. The molecule has 316 valence electrons. The van der Waals surface area contributed by atoms with Crippen LogP contribution in [0.25, 0.3) is 132 Å². The highest BCUT2D eigenvalue weighted by Gasteiger charge is 2.21. The number of hydrogen-bond acceptors (Lipinski definition) is 2. The van der Waals surface area contributed by atoms with Crippen LogP contribution in [0.5, 0.6) is 0 Å². The SMILES string of the molecule is c1ccc(-c2ccc3c(c2)c2cc(-c4ccc5c(c4)c4cc(-c6ccccc6)ccc4n5-c4nc(-c5cccc6ccccc56)c5ccc6ccccc6c5n4)ccc2n3-c2ccccc2)cc1. The average molecular weight is 865 g/mol. The molecule has 0 saturated heterocycles. The van der Waals surface area contributed by atoms with Crippen LogP contribution in [-0.2, 0) is 0 Å². The van der Waals surface area contributed by atoms with Gasteiger partial charge in [0.1, 0.15) is 0 Å². The van der Waals surface area contributed by atoms with Gasteiger partial charge in [-0.25, -0.2) is 9.97 Å². The number of benzene rings is 11. The van der Waals surface area contributed by atoms with Gasteiger partial charge < -0.3 is 4.57 Å². The molecular weight excluding hydrogens is 825 g/mol. The monoisotopic (exact) mass is 864 g/mol. The quantitative estimate of drug-likeness (QED) is 0.156. The largest absolute Gasteiger partial charge is 0.309 e. The maximum atomic E-state index is 5.60. The minimum Gasteiger partial charge on any atom is -0.309 e. The summed E-state index contributed by atoms with van der Waals surface area (Å²) in [5, 5.41) is 10.3. The average Bonchev–Trinajstić information content (AvgIpc) is 3.92. The fraction of sp³-hybridized carbons (Fsp3) is 0. The zero-order valence-electron chi connectivity index (χ0n) is 36.9. The van der Waals surface area contributed by atoms with E-state index in [0.29, 0.717) is 5.95 Å². The normalized spacial score (nSPS) is 11.8. The minimum absolute atomic E-state index is 0.640. The second-order valence-electron chi connectivity index (χ2n) is 17.7. The Kier molecular flexibility index (Phi) is 8.55. The zero-order chi connectivity index (χ0) is 44.7. The smallest absolute Gasteiger partial charge is 0.235 e. The Labute approximate surface area is 392 Å². The van der Waals surface area contributed by atoms with Gasteiger partial charge in [-0.3, -0.25) is 4.57 Å². The molecule has 0 aliphatic heterocycles. The Bertz CT molecular complexity index is 4290. The van der Waals surface area contributed by atoms with E-state index >= 15 is 0 Å². The van der Waals surface area contributed by atoms with Crippen LogP contribution in [0.15, 0.2) is 243 Å². The van der Waals surface area contributed by atoms with Gasteiger partial charge in [0.15, 0.2) is 0 Å². The van der Waals surface area contributed by atoms with Crippen molar-refractivity contribution in [3.8, 4) is 56.3 Å². The highest BCUT2D eigenvalue weighted by molar-refractivity contribution is 6.15. The van der Waals surface area contributed by atoms with Crippen molar-refractivity contribution in [3.63, 3.8) is 0 Å². The van der Waals surface area contributed by atoms with Gasteiger partial charge in [-0.1, -0.05) is 176 Å². The predicted octanol–water partition coefficient (Wildman–Crippen LogP) is 16.8. The summed E-state index contributed by atoms with van der Waals surface area (Å²) in [5.41, 5.74) is 15.6. The van der Waals surface area contributed by atoms with E-state index in [-0.39, 0.29) is 0 Å². The predicted molar refractivity (Wildman–Crippen MR) is 285 cm³/mol. The zero-order valence-corrected chi connectivity index (χ0v) is 36.9. The first-order valence-corrected chi connectivity index (χ1v) is 23.2. The number of hydrogen-bond donors (Lipinski definition) is 0. The van der Waals surface area contributed by atoms with E-state index in [1.165, 1.54) is 43.9 Å². The lowest BCUT2D eigenvalue weighted by atomic mass is 9.98. The molecule has 0 spiro atoms.